The van der Waals surface area contributed by atoms with Crippen LogP contribution in [0.3, 0.4) is 0 Å². The molecule has 0 aliphatic carbocycles. The second-order valence-electron chi connectivity index (χ2n) is 6.28. The first-order valence-corrected chi connectivity index (χ1v) is 7.69. The van der Waals surface area contributed by atoms with Crippen molar-refractivity contribution in [1.29, 1.82) is 0 Å². The van der Waals surface area contributed by atoms with E-state index in [1.165, 1.54) is 0 Å². The second-order valence-corrected chi connectivity index (χ2v) is 6.28. The van der Waals surface area contributed by atoms with Gasteiger partial charge in [0.05, 0.1) is 7.11 Å². The van der Waals surface area contributed by atoms with E-state index < -0.39 is 0 Å². The molecule has 2 aromatic rings. The SMILES string of the molecule is COc1ccc2c(NCC(C(C)C)C(C)C)nccc2c1. The van der Waals surface area contributed by atoms with Crippen molar-refractivity contribution in [2.45, 2.75) is 27.7 Å². The summed E-state index contributed by atoms with van der Waals surface area (Å²) in [6.45, 7) is 10.1. The Morgan fingerprint density at radius 1 is 1.10 bits per heavy atom. The summed E-state index contributed by atoms with van der Waals surface area (Å²) in [7, 11) is 1.69. The summed E-state index contributed by atoms with van der Waals surface area (Å²) in [6.07, 6.45) is 1.85. The lowest BCUT2D eigenvalue weighted by Gasteiger charge is -2.25. The largest absolute Gasteiger partial charge is 0.497 e. The first kappa shape index (κ1) is 15.6. The molecule has 1 aromatic carbocycles. The normalized spacial score (nSPS) is 11.6. The van der Waals surface area contributed by atoms with Crippen LogP contribution in [-0.2, 0) is 0 Å². The zero-order valence-corrected chi connectivity index (χ0v) is 13.7. The van der Waals surface area contributed by atoms with Crippen LogP contribution in [0.2, 0.25) is 0 Å². The monoisotopic (exact) mass is 286 g/mol. The Bertz CT molecular complexity index is 585. The Morgan fingerprint density at radius 2 is 1.81 bits per heavy atom. The third kappa shape index (κ3) is 3.66. The molecule has 114 valence electrons. The number of anilines is 1. The molecule has 0 aliphatic heterocycles. The number of nitrogens with zero attached hydrogens (tertiary/aromatic N) is 1. The number of benzene rings is 1. The summed E-state index contributed by atoms with van der Waals surface area (Å²) in [5, 5.41) is 5.83. The predicted molar refractivity (Wildman–Crippen MR) is 90.0 cm³/mol. The number of rotatable bonds is 6. The van der Waals surface area contributed by atoms with Crippen molar-refractivity contribution in [3.05, 3.63) is 30.5 Å². The zero-order valence-electron chi connectivity index (χ0n) is 13.7. The minimum atomic E-state index is 0.639. The van der Waals surface area contributed by atoms with E-state index >= 15 is 0 Å². The van der Waals surface area contributed by atoms with Gasteiger partial charge < -0.3 is 10.1 Å². The topological polar surface area (TPSA) is 34.1 Å². The molecule has 0 aliphatic rings. The van der Waals surface area contributed by atoms with Crippen LogP contribution >= 0.6 is 0 Å². The average molecular weight is 286 g/mol. The molecule has 1 aromatic heterocycles. The zero-order chi connectivity index (χ0) is 15.4. The van der Waals surface area contributed by atoms with Gasteiger partial charge in [0.2, 0.25) is 0 Å². The number of pyridine rings is 1. The summed E-state index contributed by atoms with van der Waals surface area (Å²) in [4.78, 5) is 4.50. The third-order valence-electron chi connectivity index (χ3n) is 4.19. The van der Waals surface area contributed by atoms with Crippen molar-refractivity contribution in [2.24, 2.45) is 17.8 Å². The number of methoxy groups -OCH3 is 1. The number of fused-ring (bicyclic) bond motifs is 1. The van der Waals surface area contributed by atoms with Gasteiger partial charge in [0.1, 0.15) is 11.6 Å². The highest BCUT2D eigenvalue weighted by Gasteiger charge is 2.17. The van der Waals surface area contributed by atoms with E-state index in [-0.39, 0.29) is 0 Å². The van der Waals surface area contributed by atoms with Crippen molar-refractivity contribution >= 4 is 16.6 Å². The molecule has 0 fully saturated rings. The van der Waals surface area contributed by atoms with Crippen LogP contribution in [-0.4, -0.2) is 18.6 Å². The molecule has 3 heteroatoms. The fraction of sp³-hybridized carbons (Fsp3) is 0.500. The molecule has 0 amide bonds. The number of hydrogen-bond acceptors (Lipinski definition) is 3. The highest BCUT2D eigenvalue weighted by molar-refractivity contribution is 5.92. The van der Waals surface area contributed by atoms with E-state index in [4.69, 9.17) is 4.74 Å². The maximum atomic E-state index is 5.28. The van der Waals surface area contributed by atoms with Gasteiger partial charge in [-0.25, -0.2) is 4.98 Å². The molecule has 3 nitrogen and oxygen atoms in total. The van der Waals surface area contributed by atoms with Crippen LogP contribution in [0, 0.1) is 17.8 Å². The molecular weight excluding hydrogens is 260 g/mol. The molecule has 0 radical (unpaired) electrons. The molecule has 2 rings (SSSR count). The van der Waals surface area contributed by atoms with E-state index in [1.54, 1.807) is 7.11 Å². The predicted octanol–water partition coefficient (Wildman–Crippen LogP) is 4.58. The summed E-state index contributed by atoms with van der Waals surface area (Å²) in [5.41, 5.74) is 0. The molecular formula is C18H26N2O. The maximum absolute atomic E-state index is 5.28. The van der Waals surface area contributed by atoms with Gasteiger partial charge in [-0.3, -0.25) is 0 Å². The van der Waals surface area contributed by atoms with Gasteiger partial charge in [0.25, 0.3) is 0 Å². The van der Waals surface area contributed by atoms with Gasteiger partial charge >= 0.3 is 0 Å². The van der Waals surface area contributed by atoms with Crippen LogP contribution in [0.15, 0.2) is 30.5 Å². The fourth-order valence-corrected chi connectivity index (χ4v) is 2.88. The molecule has 0 spiro atoms. The lowest BCUT2D eigenvalue weighted by atomic mass is 9.85. The number of ether oxygens (including phenoxy) is 1. The van der Waals surface area contributed by atoms with Gasteiger partial charge in [-0.15, -0.1) is 0 Å². The van der Waals surface area contributed by atoms with E-state index in [1.807, 2.05) is 24.4 Å². The Labute approximate surface area is 127 Å². The molecule has 21 heavy (non-hydrogen) atoms. The summed E-state index contributed by atoms with van der Waals surface area (Å²) in [6, 6.07) is 8.12. The number of aromatic nitrogens is 1. The van der Waals surface area contributed by atoms with Crippen molar-refractivity contribution in [3.63, 3.8) is 0 Å². The van der Waals surface area contributed by atoms with E-state index in [2.05, 4.69) is 44.1 Å². The van der Waals surface area contributed by atoms with Gasteiger partial charge in [0.15, 0.2) is 0 Å². The van der Waals surface area contributed by atoms with Crippen LogP contribution < -0.4 is 10.1 Å². The first-order chi connectivity index (χ1) is 10.0. The molecule has 0 saturated carbocycles. The first-order valence-electron chi connectivity index (χ1n) is 7.69. The summed E-state index contributed by atoms with van der Waals surface area (Å²) in [5.74, 6) is 3.80. The summed E-state index contributed by atoms with van der Waals surface area (Å²) >= 11 is 0. The number of nitrogens with one attached hydrogen (secondary N) is 1. The van der Waals surface area contributed by atoms with Gasteiger partial charge in [-0.2, -0.15) is 0 Å². The highest BCUT2D eigenvalue weighted by atomic mass is 16.5. The van der Waals surface area contributed by atoms with Gasteiger partial charge in [-0.05, 0) is 47.4 Å². The van der Waals surface area contributed by atoms with Crippen molar-refractivity contribution in [1.82, 2.24) is 4.98 Å². The van der Waals surface area contributed by atoms with Crippen molar-refractivity contribution in [2.75, 3.05) is 19.0 Å². The standard InChI is InChI=1S/C18H26N2O/c1-12(2)17(13(3)4)11-20-18-16-7-6-15(21-5)10-14(16)8-9-19-18/h6-10,12-13,17H,11H2,1-5H3,(H,19,20). The summed E-state index contributed by atoms with van der Waals surface area (Å²) < 4.78 is 5.28. The highest BCUT2D eigenvalue weighted by Crippen LogP contribution is 2.27. The quantitative estimate of drug-likeness (QED) is 0.843. The average Bonchev–Trinajstić information content (AvgIpc) is 2.46. The Kier molecular flexibility index (Phi) is 5.05. The fourth-order valence-electron chi connectivity index (χ4n) is 2.88. The molecule has 0 bridgehead atoms. The molecule has 0 saturated heterocycles. The van der Waals surface area contributed by atoms with Crippen molar-refractivity contribution < 1.29 is 4.74 Å². The van der Waals surface area contributed by atoms with Crippen LogP contribution in [0.4, 0.5) is 5.82 Å². The van der Waals surface area contributed by atoms with Crippen LogP contribution in [0.1, 0.15) is 27.7 Å². The molecule has 1 N–H and O–H groups in total. The Balaban J connectivity index is 2.22. The lowest BCUT2D eigenvalue weighted by molar-refractivity contribution is 0.304. The second kappa shape index (κ2) is 6.79. The molecule has 0 atom stereocenters. The maximum Gasteiger partial charge on any atom is 0.133 e. The van der Waals surface area contributed by atoms with Gasteiger partial charge in [0, 0.05) is 18.1 Å². The van der Waals surface area contributed by atoms with E-state index in [9.17, 15) is 0 Å². The van der Waals surface area contributed by atoms with E-state index in [0.717, 1.165) is 28.9 Å². The lowest BCUT2D eigenvalue weighted by Crippen LogP contribution is -2.24. The van der Waals surface area contributed by atoms with Gasteiger partial charge in [-0.1, -0.05) is 27.7 Å². The van der Waals surface area contributed by atoms with Crippen LogP contribution in [0.5, 0.6) is 5.75 Å². The Hall–Kier alpha value is -1.77. The third-order valence-corrected chi connectivity index (χ3v) is 4.19. The van der Waals surface area contributed by atoms with Crippen molar-refractivity contribution in [3.8, 4) is 5.75 Å². The Morgan fingerprint density at radius 3 is 2.43 bits per heavy atom. The molecule has 1 heterocycles. The minimum Gasteiger partial charge on any atom is -0.497 e. The minimum absolute atomic E-state index is 0.639. The smallest absolute Gasteiger partial charge is 0.133 e. The molecule has 0 unspecified atom stereocenters. The van der Waals surface area contributed by atoms with E-state index in [0.29, 0.717) is 17.8 Å². The van der Waals surface area contributed by atoms with Crippen LogP contribution in [0.25, 0.3) is 10.8 Å². The number of hydrogen-bond donors (Lipinski definition) is 1.